The summed E-state index contributed by atoms with van der Waals surface area (Å²) in [6.45, 7) is 0. The molecular weight excluding hydrogens is 336 g/mol. The third kappa shape index (κ3) is 4.05. The maximum atomic E-state index is 12.4. The smallest absolute Gasteiger partial charge is 0.276 e. The number of hydrogen-bond acceptors (Lipinski definition) is 4. The first kappa shape index (κ1) is 16.7. The number of hydrazone groups is 1. The van der Waals surface area contributed by atoms with E-state index in [1.165, 1.54) is 24.3 Å². The minimum absolute atomic E-state index is 0.126. The van der Waals surface area contributed by atoms with Crippen molar-refractivity contribution in [1.82, 2.24) is 4.83 Å². The monoisotopic (exact) mass is 352 g/mol. The Bertz CT molecular complexity index is 968. The number of aromatic hydroxyl groups is 1. The summed E-state index contributed by atoms with van der Waals surface area (Å²) >= 11 is 0. The van der Waals surface area contributed by atoms with E-state index in [0.29, 0.717) is 11.3 Å². The zero-order chi connectivity index (χ0) is 17.7. The van der Waals surface area contributed by atoms with Crippen LogP contribution >= 0.6 is 0 Å². The Balaban J connectivity index is 2.00. The highest BCUT2D eigenvalue weighted by Crippen LogP contribution is 2.15. The van der Waals surface area contributed by atoms with Crippen LogP contribution in [0.15, 0.2) is 94.9 Å². The van der Waals surface area contributed by atoms with E-state index in [4.69, 9.17) is 0 Å². The Kier molecular flexibility index (Phi) is 4.81. The number of nitrogens with zero attached hydrogens (tertiary/aromatic N) is 1. The fourth-order valence-electron chi connectivity index (χ4n) is 2.27. The van der Waals surface area contributed by atoms with Crippen LogP contribution in [-0.2, 0) is 10.0 Å². The van der Waals surface area contributed by atoms with E-state index in [2.05, 4.69) is 9.93 Å². The van der Waals surface area contributed by atoms with Gasteiger partial charge in [-0.1, -0.05) is 48.5 Å². The Labute approximate surface area is 146 Å². The van der Waals surface area contributed by atoms with Gasteiger partial charge in [0.25, 0.3) is 10.0 Å². The number of nitrogens with one attached hydrogen (secondary N) is 1. The lowest BCUT2D eigenvalue weighted by molar-refractivity contribution is 0.475. The minimum Gasteiger partial charge on any atom is -0.508 e. The maximum Gasteiger partial charge on any atom is 0.276 e. The summed E-state index contributed by atoms with van der Waals surface area (Å²) < 4.78 is 24.8. The number of rotatable bonds is 5. The Morgan fingerprint density at radius 1 is 0.760 bits per heavy atom. The summed E-state index contributed by atoms with van der Waals surface area (Å²) in [5.74, 6) is 0.126. The van der Waals surface area contributed by atoms with Crippen LogP contribution in [0.4, 0.5) is 0 Å². The molecule has 0 unspecified atom stereocenters. The third-order valence-corrected chi connectivity index (χ3v) is 4.74. The number of benzene rings is 3. The van der Waals surface area contributed by atoms with Crippen molar-refractivity contribution in [3.05, 3.63) is 96.1 Å². The molecule has 3 aromatic carbocycles. The van der Waals surface area contributed by atoms with E-state index in [9.17, 15) is 13.5 Å². The molecule has 6 heteroatoms. The first-order valence-electron chi connectivity index (χ1n) is 7.56. The number of phenols is 1. The van der Waals surface area contributed by atoms with Crippen molar-refractivity contribution in [2.45, 2.75) is 4.90 Å². The second-order valence-corrected chi connectivity index (χ2v) is 6.94. The molecule has 126 valence electrons. The summed E-state index contributed by atoms with van der Waals surface area (Å²) in [6, 6.07) is 23.7. The molecule has 0 amide bonds. The predicted molar refractivity (Wildman–Crippen MR) is 97.0 cm³/mol. The van der Waals surface area contributed by atoms with Gasteiger partial charge in [0.15, 0.2) is 0 Å². The van der Waals surface area contributed by atoms with Gasteiger partial charge in [-0.25, -0.2) is 0 Å². The first-order valence-corrected chi connectivity index (χ1v) is 9.04. The molecule has 0 radical (unpaired) electrons. The molecule has 0 aromatic heterocycles. The van der Waals surface area contributed by atoms with Gasteiger partial charge in [0.1, 0.15) is 5.75 Å². The summed E-state index contributed by atoms with van der Waals surface area (Å²) in [6.07, 6.45) is 0. The highest BCUT2D eigenvalue weighted by Gasteiger charge is 2.14. The van der Waals surface area contributed by atoms with Crippen LogP contribution in [0, 0.1) is 0 Å². The SMILES string of the molecule is O=S(=O)(N/N=C(\c1ccccc1)c1ccc(O)cc1)c1ccccc1. The third-order valence-electron chi connectivity index (χ3n) is 3.52. The molecule has 0 aliphatic carbocycles. The molecule has 25 heavy (non-hydrogen) atoms. The van der Waals surface area contributed by atoms with Gasteiger partial charge in [-0.3, -0.25) is 0 Å². The van der Waals surface area contributed by atoms with Gasteiger partial charge >= 0.3 is 0 Å². The molecule has 0 heterocycles. The molecular formula is C19H16N2O3S. The highest BCUT2D eigenvalue weighted by atomic mass is 32.2. The lowest BCUT2D eigenvalue weighted by Gasteiger charge is -2.09. The average Bonchev–Trinajstić information content (AvgIpc) is 2.65. The van der Waals surface area contributed by atoms with E-state index >= 15 is 0 Å². The Morgan fingerprint density at radius 2 is 1.28 bits per heavy atom. The van der Waals surface area contributed by atoms with Gasteiger partial charge in [0.2, 0.25) is 0 Å². The van der Waals surface area contributed by atoms with Crippen molar-refractivity contribution in [2.75, 3.05) is 0 Å². The quantitative estimate of drug-likeness (QED) is 0.547. The van der Waals surface area contributed by atoms with Crippen molar-refractivity contribution < 1.29 is 13.5 Å². The zero-order valence-corrected chi connectivity index (χ0v) is 14.0. The number of phenolic OH excluding ortho intramolecular Hbond substituents is 1. The van der Waals surface area contributed by atoms with Crippen LogP contribution in [0.25, 0.3) is 0 Å². The predicted octanol–water partition coefficient (Wildman–Crippen LogP) is 3.12. The maximum absolute atomic E-state index is 12.4. The average molecular weight is 352 g/mol. The van der Waals surface area contributed by atoms with Gasteiger partial charge in [-0.05, 0) is 36.4 Å². The summed E-state index contributed by atoms with van der Waals surface area (Å²) in [7, 11) is -3.77. The molecule has 3 aromatic rings. The molecule has 5 nitrogen and oxygen atoms in total. The van der Waals surface area contributed by atoms with Crippen molar-refractivity contribution in [3.8, 4) is 5.75 Å². The van der Waals surface area contributed by atoms with Gasteiger partial charge in [-0.15, -0.1) is 0 Å². The van der Waals surface area contributed by atoms with E-state index in [1.807, 2.05) is 30.3 Å². The molecule has 0 saturated carbocycles. The Morgan fingerprint density at radius 3 is 1.88 bits per heavy atom. The molecule has 0 bridgehead atoms. The largest absolute Gasteiger partial charge is 0.508 e. The molecule has 0 aliphatic heterocycles. The molecule has 0 fully saturated rings. The molecule has 3 rings (SSSR count). The van der Waals surface area contributed by atoms with E-state index < -0.39 is 10.0 Å². The first-order chi connectivity index (χ1) is 12.1. The van der Waals surface area contributed by atoms with Crippen molar-refractivity contribution >= 4 is 15.7 Å². The molecule has 0 atom stereocenters. The summed E-state index contributed by atoms with van der Waals surface area (Å²) in [5.41, 5.74) is 1.89. The van der Waals surface area contributed by atoms with Gasteiger partial charge in [0.05, 0.1) is 10.6 Å². The highest BCUT2D eigenvalue weighted by molar-refractivity contribution is 7.89. The van der Waals surface area contributed by atoms with Crippen LogP contribution < -0.4 is 4.83 Å². The van der Waals surface area contributed by atoms with Crippen LogP contribution in [0.2, 0.25) is 0 Å². The fraction of sp³-hybridized carbons (Fsp3) is 0. The number of hydrogen-bond donors (Lipinski definition) is 2. The minimum atomic E-state index is -3.77. The van der Waals surface area contributed by atoms with Crippen molar-refractivity contribution in [2.24, 2.45) is 5.10 Å². The van der Waals surface area contributed by atoms with E-state index in [1.54, 1.807) is 30.3 Å². The van der Waals surface area contributed by atoms with Crippen molar-refractivity contribution in [3.63, 3.8) is 0 Å². The zero-order valence-electron chi connectivity index (χ0n) is 13.2. The normalized spacial score (nSPS) is 11.9. The molecule has 2 N–H and O–H groups in total. The number of sulfonamides is 1. The second kappa shape index (κ2) is 7.19. The van der Waals surface area contributed by atoms with Crippen LogP contribution in [0.3, 0.4) is 0 Å². The van der Waals surface area contributed by atoms with Gasteiger partial charge in [0, 0.05) is 11.1 Å². The molecule has 0 saturated heterocycles. The van der Waals surface area contributed by atoms with Crippen LogP contribution in [0.5, 0.6) is 5.75 Å². The van der Waals surface area contributed by atoms with Gasteiger partial charge in [-0.2, -0.15) is 18.4 Å². The van der Waals surface area contributed by atoms with Gasteiger partial charge < -0.3 is 5.11 Å². The lowest BCUT2D eigenvalue weighted by atomic mass is 10.0. The topological polar surface area (TPSA) is 78.8 Å². The van der Waals surface area contributed by atoms with Crippen LogP contribution in [0.1, 0.15) is 11.1 Å². The summed E-state index contributed by atoms with van der Waals surface area (Å²) in [4.78, 5) is 2.42. The second-order valence-electron chi connectivity index (χ2n) is 5.28. The van der Waals surface area contributed by atoms with E-state index in [0.717, 1.165) is 5.56 Å². The fourth-order valence-corrected chi connectivity index (χ4v) is 3.10. The van der Waals surface area contributed by atoms with E-state index in [-0.39, 0.29) is 10.6 Å². The standard InChI is InChI=1S/C19H16N2O3S/c22-17-13-11-16(12-14-17)19(15-7-3-1-4-8-15)20-21-25(23,24)18-9-5-2-6-10-18/h1-14,21-22H/b20-19+. The molecule has 0 spiro atoms. The lowest BCUT2D eigenvalue weighted by Crippen LogP contribution is -2.21. The van der Waals surface area contributed by atoms with Crippen LogP contribution in [-0.4, -0.2) is 19.2 Å². The molecule has 0 aliphatic rings. The Hall–Kier alpha value is -3.12. The summed E-state index contributed by atoms with van der Waals surface area (Å²) in [5, 5.41) is 13.6. The van der Waals surface area contributed by atoms with Crippen molar-refractivity contribution in [1.29, 1.82) is 0 Å².